The van der Waals surface area contributed by atoms with E-state index in [0.29, 0.717) is 5.56 Å². The van der Waals surface area contributed by atoms with Crippen LogP contribution >= 0.6 is 0 Å². The van der Waals surface area contributed by atoms with E-state index in [4.69, 9.17) is 10.5 Å². The van der Waals surface area contributed by atoms with Crippen LogP contribution < -0.4 is 10.5 Å². The number of benzene rings is 1. The van der Waals surface area contributed by atoms with Gasteiger partial charge in [-0.05, 0) is 17.7 Å². The lowest BCUT2D eigenvalue weighted by molar-refractivity contribution is 0.352. The molecule has 0 aliphatic heterocycles. The van der Waals surface area contributed by atoms with Crippen LogP contribution in [-0.2, 0) is 0 Å². The highest BCUT2D eigenvalue weighted by Gasteiger charge is 2.05. The van der Waals surface area contributed by atoms with E-state index in [2.05, 4.69) is 0 Å². The number of halogens is 1. The second-order valence-corrected chi connectivity index (χ2v) is 2.48. The molecule has 1 aromatic rings. The number of nitrogens with two attached hydrogens (primary N) is 1. The SMILES string of the molecule is COc1ccc([C@@H](F)CN)cc1. The summed E-state index contributed by atoms with van der Waals surface area (Å²) in [5.74, 6) is 0.725. The van der Waals surface area contributed by atoms with Crippen LogP contribution in [0.25, 0.3) is 0 Å². The number of hydrogen-bond acceptors (Lipinski definition) is 2. The normalized spacial score (nSPS) is 12.6. The molecule has 1 rings (SSSR count). The fraction of sp³-hybridized carbons (Fsp3) is 0.333. The maximum Gasteiger partial charge on any atom is 0.137 e. The molecule has 0 fully saturated rings. The smallest absolute Gasteiger partial charge is 0.137 e. The summed E-state index contributed by atoms with van der Waals surface area (Å²) in [4.78, 5) is 0. The molecule has 0 spiro atoms. The summed E-state index contributed by atoms with van der Waals surface area (Å²) in [5.41, 5.74) is 5.76. The van der Waals surface area contributed by atoms with E-state index in [1.807, 2.05) is 0 Å². The summed E-state index contributed by atoms with van der Waals surface area (Å²) in [6.45, 7) is 0.0202. The van der Waals surface area contributed by atoms with E-state index in [9.17, 15) is 4.39 Å². The predicted molar refractivity (Wildman–Crippen MR) is 45.9 cm³/mol. The summed E-state index contributed by atoms with van der Waals surface area (Å²) in [5, 5.41) is 0. The zero-order chi connectivity index (χ0) is 8.97. The molecule has 0 amide bonds. The zero-order valence-electron chi connectivity index (χ0n) is 6.96. The van der Waals surface area contributed by atoms with Crippen molar-refractivity contribution >= 4 is 0 Å². The third-order valence-electron chi connectivity index (χ3n) is 1.68. The molecule has 0 radical (unpaired) electrons. The number of alkyl halides is 1. The monoisotopic (exact) mass is 169 g/mol. The fourth-order valence-electron chi connectivity index (χ4n) is 0.949. The van der Waals surface area contributed by atoms with Gasteiger partial charge in [0.25, 0.3) is 0 Å². The van der Waals surface area contributed by atoms with Gasteiger partial charge < -0.3 is 10.5 Å². The molecule has 0 aliphatic carbocycles. The summed E-state index contributed by atoms with van der Waals surface area (Å²) >= 11 is 0. The minimum absolute atomic E-state index is 0.0202. The molecular formula is C9H12FNO. The van der Waals surface area contributed by atoms with Gasteiger partial charge in [0.1, 0.15) is 11.9 Å². The highest BCUT2D eigenvalue weighted by molar-refractivity contribution is 5.28. The van der Waals surface area contributed by atoms with E-state index in [1.165, 1.54) is 0 Å². The first kappa shape index (κ1) is 9.00. The molecule has 1 aromatic carbocycles. The number of hydrogen-bond donors (Lipinski definition) is 1. The average Bonchev–Trinajstić information content (AvgIpc) is 2.17. The molecule has 66 valence electrons. The second kappa shape index (κ2) is 4.07. The fourth-order valence-corrected chi connectivity index (χ4v) is 0.949. The lowest BCUT2D eigenvalue weighted by atomic mass is 10.1. The molecule has 0 saturated carbocycles. The van der Waals surface area contributed by atoms with Crippen molar-refractivity contribution in [2.45, 2.75) is 6.17 Å². The Labute approximate surface area is 71.1 Å². The quantitative estimate of drug-likeness (QED) is 0.746. The Balaban J connectivity index is 2.77. The summed E-state index contributed by atoms with van der Waals surface area (Å²) in [6, 6.07) is 6.79. The Kier molecular flexibility index (Phi) is 3.05. The molecule has 0 aromatic heterocycles. The molecule has 12 heavy (non-hydrogen) atoms. The molecule has 3 heteroatoms. The van der Waals surface area contributed by atoms with Crippen LogP contribution in [0.2, 0.25) is 0 Å². The minimum atomic E-state index is -1.07. The maximum absolute atomic E-state index is 12.9. The molecule has 0 unspecified atom stereocenters. The largest absolute Gasteiger partial charge is 0.497 e. The molecule has 0 saturated heterocycles. The van der Waals surface area contributed by atoms with Gasteiger partial charge in [-0.2, -0.15) is 0 Å². The van der Waals surface area contributed by atoms with Crippen molar-refractivity contribution in [2.75, 3.05) is 13.7 Å². The Hall–Kier alpha value is -1.09. The lowest BCUT2D eigenvalue weighted by Crippen LogP contribution is -2.07. The van der Waals surface area contributed by atoms with Gasteiger partial charge in [-0.15, -0.1) is 0 Å². The van der Waals surface area contributed by atoms with Gasteiger partial charge >= 0.3 is 0 Å². The van der Waals surface area contributed by atoms with Crippen LogP contribution in [0.1, 0.15) is 11.7 Å². The lowest BCUT2D eigenvalue weighted by Gasteiger charge is -2.05. The van der Waals surface area contributed by atoms with Crippen molar-refractivity contribution in [2.24, 2.45) is 5.73 Å². The van der Waals surface area contributed by atoms with Gasteiger partial charge in [0.15, 0.2) is 0 Å². The van der Waals surface area contributed by atoms with Gasteiger partial charge in [-0.25, -0.2) is 4.39 Å². The van der Waals surface area contributed by atoms with Crippen LogP contribution in [0.4, 0.5) is 4.39 Å². The van der Waals surface area contributed by atoms with Crippen LogP contribution in [0.3, 0.4) is 0 Å². The number of ether oxygens (including phenoxy) is 1. The van der Waals surface area contributed by atoms with Crippen molar-refractivity contribution < 1.29 is 9.13 Å². The Morgan fingerprint density at radius 1 is 1.42 bits per heavy atom. The summed E-state index contributed by atoms with van der Waals surface area (Å²) in [6.07, 6.45) is -1.07. The van der Waals surface area contributed by atoms with Gasteiger partial charge in [0.05, 0.1) is 7.11 Å². The number of methoxy groups -OCH3 is 1. The van der Waals surface area contributed by atoms with Crippen molar-refractivity contribution in [3.8, 4) is 5.75 Å². The molecule has 2 nitrogen and oxygen atoms in total. The molecule has 0 aliphatic rings. The van der Waals surface area contributed by atoms with Crippen LogP contribution in [0, 0.1) is 0 Å². The summed E-state index contributed by atoms with van der Waals surface area (Å²) < 4.78 is 17.9. The Bertz CT molecular complexity index is 235. The molecular weight excluding hydrogens is 157 g/mol. The first-order chi connectivity index (χ1) is 5.77. The molecule has 2 N–H and O–H groups in total. The van der Waals surface area contributed by atoms with E-state index < -0.39 is 6.17 Å². The third-order valence-corrected chi connectivity index (χ3v) is 1.68. The average molecular weight is 169 g/mol. The topological polar surface area (TPSA) is 35.2 Å². The highest BCUT2D eigenvalue weighted by Crippen LogP contribution is 2.19. The standard InChI is InChI=1S/C9H12FNO/c1-12-8-4-2-7(3-5-8)9(10)6-11/h2-5,9H,6,11H2,1H3/t9-/m0/s1. The van der Waals surface area contributed by atoms with Crippen LogP contribution in [-0.4, -0.2) is 13.7 Å². The van der Waals surface area contributed by atoms with E-state index in [0.717, 1.165) is 5.75 Å². The van der Waals surface area contributed by atoms with Gasteiger partial charge in [-0.1, -0.05) is 12.1 Å². The summed E-state index contributed by atoms with van der Waals surface area (Å²) in [7, 11) is 1.57. The van der Waals surface area contributed by atoms with Crippen molar-refractivity contribution in [3.63, 3.8) is 0 Å². The van der Waals surface area contributed by atoms with E-state index in [-0.39, 0.29) is 6.54 Å². The Morgan fingerprint density at radius 2 is 2.00 bits per heavy atom. The predicted octanol–water partition coefficient (Wildman–Crippen LogP) is 1.66. The van der Waals surface area contributed by atoms with Crippen molar-refractivity contribution in [3.05, 3.63) is 29.8 Å². The minimum Gasteiger partial charge on any atom is -0.497 e. The molecule has 0 heterocycles. The van der Waals surface area contributed by atoms with Crippen LogP contribution in [0.15, 0.2) is 24.3 Å². The number of rotatable bonds is 3. The third kappa shape index (κ3) is 1.95. The van der Waals surface area contributed by atoms with Crippen molar-refractivity contribution in [1.29, 1.82) is 0 Å². The first-order valence-electron chi connectivity index (χ1n) is 3.76. The van der Waals surface area contributed by atoms with Gasteiger partial charge in [-0.3, -0.25) is 0 Å². The van der Waals surface area contributed by atoms with Crippen LogP contribution in [0.5, 0.6) is 5.75 Å². The first-order valence-corrected chi connectivity index (χ1v) is 3.76. The Morgan fingerprint density at radius 3 is 2.42 bits per heavy atom. The maximum atomic E-state index is 12.9. The molecule has 1 atom stereocenters. The highest BCUT2D eigenvalue weighted by atomic mass is 19.1. The van der Waals surface area contributed by atoms with E-state index >= 15 is 0 Å². The second-order valence-electron chi connectivity index (χ2n) is 2.48. The van der Waals surface area contributed by atoms with E-state index in [1.54, 1.807) is 31.4 Å². The zero-order valence-corrected chi connectivity index (χ0v) is 6.96. The van der Waals surface area contributed by atoms with Crippen molar-refractivity contribution in [1.82, 2.24) is 0 Å². The molecule has 0 bridgehead atoms. The van der Waals surface area contributed by atoms with Gasteiger partial charge in [0.2, 0.25) is 0 Å². The van der Waals surface area contributed by atoms with Gasteiger partial charge in [0, 0.05) is 6.54 Å².